The Morgan fingerprint density at radius 2 is 1.88 bits per heavy atom. The zero-order valence-corrected chi connectivity index (χ0v) is 15.5. The summed E-state index contributed by atoms with van der Waals surface area (Å²) in [4.78, 5) is 5.32. The Balaban J connectivity index is 2.00. The summed E-state index contributed by atoms with van der Waals surface area (Å²) in [5.41, 5.74) is 1.26. The smallest absolute Gasteiger partial charge is 0.161 e. The van der Waals surface area contributed by atoms with Crippen LogP contribution in [0.4, 0.5) is 0 Å². The van der Waals surface area contributed by atoms with Gasteiger partial charge >= 0.3 is 0 Å². The van der Waals surface area contributed by atoms with E-state index >= 15 is 0 Å². The second kappa shape index (κ2) is 8.01. The third-order valence-corrected chi connectivity index (χ3v) is 5.55. The molecule has 1 aromatic heterocycles. The second-order valence-corrected chi connectivity index (χ2v) is 7.42. The maximum atomic E-state index is 5.53. The maximum absolute atomic E-state index is 5.53. The Labute approximate surface area is 148 Å². The average Bonchev–Trinajstić information content (AvgIpc) is 2.86. The predicted octanol–water partition coefficient (Wildman–Crippen LogP) is 3.46. The van der Waals surface area contributed by atoms with Crippen LogP contribution >= 0.6 is 11.3 Å². The van der Waals surface area contributed by atoms with Gasteiger partial charge in [0.1, 0.15) is 0 Å². The molecule has 5 heteroatoms. The third kappa shape index (κ3) is 3.74. The van der Waals surface area contributed by atoms with Crippen molar-refractivity contribution in [3.8, 4) is 11.5 Å². The van der Waals surface area contributed by atoms with E-state index < -0.39 is 0 Å². The molecule has 0 amide bonds. The first kappa shape index (κ1) is 17.3. The van der Waals surface area contributed by atoms with Crippen LogP contribution in [-0.4, -0.2) is 45.3 Å². The van der Waals surface area contributed by atoms with Crippen molar-refractivity contribution < 1.29 is 9.47 Å². The van der Waals surface area contributed by atoms with E-state index in [2.05, 4.69) is 41.4 Å². The molecule has 1 aromatic carbocycles. The molecule has 0 saturated carbocycles. The van der Waals surface area contributed by atoms with Crippen molar-refractivity contribution in [3.63, 3.8) is 0 Å². The van der Waals surface area contributed by atoms with Gasteiger partial charge in [-0.2, -0.15) is 0 Å². The number of hydrogen-bond donors (Lipinski definition) is 1. The second-order valence-electron chi connectivity index (χ2n) is 6.10. The molecule has 0 aliphatic carbocycles. The van der Waals surface area contributed by atoms with Crippen molar-refractivity contribution in [1.82, 2.24) is 10.2 Å². The molecule has 24 heavy (non-hydrogen) atoms. The van der Waals surface area contributed by atoms with E-state index in [1.165, 1.54) is 21.7 Å². The molecule has 1 aliphatic heterocycles. The molecule has 1 N–H and O–H groups in total. The van der Waals surface area contributed by atoms with Crippen molar-refractivity contribution in [2.75, 3.05) is 40.4 Å². The number of hydrogen-bond acceptors (Lipinski definition) is 5. The molecule has 1 atom stereocenters. The van der Waals surface area contributed by atoms with Gasteiger partial charge in [0.25, 0.3) is 0 Å². The van der Waals surface area contributed by atoms with Crippen LogP contribution < -0.4 is 14.8 Å². The molecule has 0 radical (unpaired) electrons. The summed E-state index contributed by atoms with van der Waals surface area (Å²) in [6.07, 6.45) is 1.17. The predicted molar refractivity (Wildman–Crippen MR) is 99.5 cm³/mol. The number of rotatable bonds is 5. The Morgan fingerprint density at radius 3 is 2.58 bits per heavy atom. The minimum Gasteiger partial charge on any atom is -0.493 e. The molecule has 2 aromatic rings. The summed E-state index contributed by atoms with van der Waals surface area (Å²) < 4.78 is 10.9. The van der Waals surface area contributed by atoms with Crippen molar-refractivity contribution >= 4 is 11.3 Å². The highest BCUT2D eigenvalue weighted by atomic mass is 32.1. The summed E-state index contributed by atoms with van der Waals surface area (Å²) in [7, 11) is 3.37. The van der Waals surface area contributed by atoms with E-state index in [0.29, 0.717) is 0 Å². The summed E-state index contributed by atoms with van der Waals surface area (Å²) in [6.45, 7) is 6.45. The maximum Gasteiger partial charge on any atom is 0.161 e. The lowest BCUT2D eigenvalue weighted by atomic mass is 10.0. The van der Waals surface area contributed by atoms with Gasteiger partial charge in [-0.3, -0.25) is 4.90 Å². The molecule has 4 nitrogen and oxygen atoms in total. The molecular weight excluding hydrogens is 320 g/mol. The van der Waals surface area contributed by atoms with Gasteiger partial charge in [0.15, 0.2) is 11.5 Å². The van der Waals surface area contributed by atoms with Gasteiger partial charge < -0.3 is 14.8 Å². The molecule has 1 fully saturated rings. The van der Waals surface area contributed by atoms with E-state index in [1.54, 1.807) is 14.2 Å². The molecular formula is C19H26N2O2S. The number of thiophene rings is 1. The van der Waals surface area contributed by atoms with Crippen molar-refractivity contribution in [1.29, 1.82) is 0 Å². The average molecular weight is 346 g/mol. The van der Waals surface area contributed by atoms with Crippen LogP contribution in [0.25, 0.3) is 0 Å². The standard InChI is InChI=1S/C19H26N2O2S/c1-14-5-8-18(24-14)19(21-11-4-9-20-10-12-21)15-6-7-16(22-2)17(13-15)23-3/h5-8,13,19-20H,4,9-12H2,1-3H3. The number of methoxy groups -OCH3 is 2. The van der Waals surface area contributed by atoms with Crippen molar-refractivity contribution in [2.24, 2.45) is 0 Å². The molecule has 1 unspecified atom stereocenters. The van der Waals surface area contributed by atoms with Crippen LogP contribution in [0.2, 0.25) is 0 Å². The molecule has 1 aliphatic rings. The molecule has 130 valence electrons. The third-order valence-electron chi connectivity index (χ3n) is 4.49. The van der Waals surface area contributed by atoms with Gasteiger partial charge in [-0.15, -0.1) is 11.3 Å². The normalized spacial score (nSPS) is 17.3. The van der Waals surface area contributed by atoms with E-state index in [1.807, 2.05) is 17.4 Å². The first-order chi connectivity index (χ1) is 11.7. The molecule has 0 bridgehead atoms. The van der Waals surface area contributed by atoms with E-state index in [-0.39, 0.29) is 6.04 Å². The monoisotopic (exact) mass is 346 g/mol. The summed E-state index contributed by atoms with van der Waals surface area (Å²) in [6, 6.07) is 11.0. The molecule has 1 saturated heterocycles. The van der Waals surface area contributed by atoms with Crippen LogP contribution in [0, 0.1) is 6.92 Å². The van der Waals surface area contributed by atoms with Crippen LogP contribution in [0.15, 0.2) is 30.3 Å². The zero-order valence-electron chi connectivity index (χ0n) is 14.7. The Morgan fingerprint density at radius 1 is 1.04 bits per heavy atom. The number of ether oxygens (including phenoxy) is 2. The van der Waals surface area contributed by atoms with Crippen LogP contribution in [0.3, 0.4) is 0 Å². The Bertz CT molecular complexity index is 663. The Hall–Kier alpha value is -1.56. The lowest BCUT2D eigenvalue weighted by Crippen LogP contribution is -2.32. The van der Waals surface area contributed by atoms with Crippen LogP contribution in [0.5, 0.6) is 11.5 Å². The van der Waals surface area contributed by atoms with Crippen LogP contribution in [-0.2, 0) is 0 Å². The highest BCUT2D eigenvalue weighted by Crippen LogP contribution is 2.37. The lowest BCUT2D eigenvalue weighted by Gasteiger charge is -2.30. The number of benzene rings is 1. The van der Waals surface area contributed by atoms with Gasteiger partial charge in [0.05, 0.1) is 20.3 Å². The molecule has 2 heterocycles. The lowest BCUT2D eigenvalue weighted by molar-refractivity contribution is 0.243. The molecule has 3 rings (SSSR count). The fraction of sp³-hybridized carbons (Fsp3) is 0.474. The van der Waals surface area contributed by atoms with Gasteiger partial charge in [0.2, 0.25) is 0 Å². The van der Waals surface area contributed by atoms with Gasteiger partial charge in [-0.25, -0.2) is 0 Å². The van der Waals surface area contributed by atoms with Crippen molar-refractivity contribution in [2.45, 2.75) is 19.4 Å². The van der Waals surface area contributed by atoms with E-state index in [9.17, 15) is 0 Å². The van der Waals surface area contributed by atoms with E-state index in [4.69, 9.17) is 9.47 Å². The topological polar surface area (TPSA) is 33.7 Å². The van der Waals surface area contributed by atoms with Gasteiger partial charge in [0, 0.05) is 29.4 Å². The van der Waals surface area contributed by atoms with Crippen molar-refractivity contribution in [3.05, 3.63) is 45.6 Å². The zero-order chi connectivity index (χ0) is 16.9. The minimum absolute atomic E-state index is 0.267. The highest BCUT2D eigenvalue weighted by Gasteiger charge is 2.25. The highest BCUT2D eigenvalue weighted by molar-refractivity contribution is 7.12. The summed E-state index contributed by atoms with van der Waals surface area (Å²) >= 11 is 1.88. The quantitative estimate of drug-likeness (QED) is 0.899. The fourth-order valence-electron chi connectivity index (χ4n) is 3.30. The first-order valence-corrected chi connectivity index (χ1v) is 9.27. The summed E-state index contributed by atoms with van der Waals surface area (Å²) in [5, 5.41) is 3.50. The summed E-state index contributed by atoms with van der Waals surface area (Å²) in [5.74, 6) is 1.57. The van der Waals surface area contributed by atoms with Crippen LogP contribution in [0.1, 0.15) is 27.8 Å². The minimum atomic E-state index is 0.267. The largest absolute Gasteiger partial charge is 0.493 e. The molecule has 0 spiro atoms. The van der Waals surface area contributed by atoms with Gasteiger partial charge in [-0.05, 0) is 49.7 Å². The van der Waals surface area contributed by atoms with E-state index in [0.717, 1.165) is 37.7 Å². The fourth-order valence-corrected chi connectivity index (χ4v) is 4.34. The number of nitrogens with one attached hydrogen (secondary N) is 1. The first-order valence-electron chi connectivity index (χ1n) is 8.46. The number of nitrogens with zero attached hydrogens (tertiary/aromatic N) is 1. The SMILES string of the molecule is COc1ccc(C(c2ccc(C)s2)N2CCCNCC2)cc1OC. The Kier molecular flexibility index (Phi) is 5.76. The van der Waals surface area contributed by atoms with Gasteiger partial charge in [-0.1, -0.05) is 6.07 Å². The number of aryl methyl sites for hydroxylation is 1.